The Morgan fingerprint density at radius 1 is 1.12 bits per heavy atom. The van der Waals surface area contributed by atoms with Crippen LogP contribution in [0.1, 0.15) is 20.8 Å². The third-order valence-corrected chi connectivity index (χ3v) is 6.82. The molecule has 0 aliphatic rings. The van der Waals surface area contributed by atoms with Crippen LogP contribution in [0.3, 0.4) is 0 Å². The Bertz CT molecular complexity index is 43.8. The monoisotopic (exact) mass is 224 g/mol. The van der Waals surface area contributed by atoms with E-state index in [4.69, 9.17) is 3.02 Å². The van der Waals surface area contributed by atoms with Crippen LogP contribution in [0, 0.1) is 0 Å². The van der Waals surface area contributed by atoms with Gasteiger partial charge >= 0.3 is 59.8 Å². The van der Waals surface area contributed by atoms with Gasteiger partial charge in [0.1, 0.15) is 0 Å². The Hall–Kier alpha value is 0.778. The molecule has 2 heteroatoms. The molecule has 0 rings (SSSR count). The van der Waals surface area contributed by atoms with Gasteiger partial charge in [0, 0.05) is 0 Å². The van der Waals surface area contributed by atoms with Crippen molar-refractivity contribution in [2.45, 2.75) is 29.5 Å². The molecule has 0 unspecified atom stereocenters. The maximum absolute atomic E-state index is 5.52. The van der Waals surface area contributed by atoms with E-state index in [9.17, 15) is 0 Å². The van der Waals surface area contributed by atoms with Crippen LogP contribution in [-0.2, 0) is 3.02 Å². The summed E-state index contributed by atoms with van der Waals surface area (Å²) in [5.41, 5.74) is 0. The van der Waals surface area contributed by atoms with E-state index in [1.54, 1.807) is 0 Å². The summed E-state index contributed by atoms with van der Waals surface area (Å²) >= 11 is -1.07. The molecule has 0 aliphatic carbocycles. The van der Waals surface area contributed by atoms with E-state index in [-0.39, 0.29) is 0 Å². The van der Waals surface area contributed by atoms with Gasteiger partial charge in [-0.25, -0.2) is 0 Å². The second-order valence-electron chi connectivity index (χ2n) is 1.53. The number of hydrogen-bond donors (Lipinski definition) is 0. The normalized spacial score (nSPS) is 10.5. The molecular weight excluding hydrogens is 210 g/mol. The summed E-state index contributed by atoms with van der Waals surface area (Å²) in [5, 5.41) is 0. The Morgan fingerprint density at radius 3 is 1.75 bits per heavy atom. The molecule has 0 aromatic rings. The molecule has 0 N–H and O–H groups in total. The first-order chi connectivity index (χ1) is 3.85. The third kappa shape index (κ3) is 3.74. The quantitative estimate of drug-likeness (QED) is 0.665. The van der Waals surface area contributed by atoms with Crippen molar-refractivity contribution in [3.8, 4) is 0 Å². The zero-order chi connectivity index (χ0) is 6.41. The molecular formula is C6H15OSb. The zero-order valence-corrected chi connectivity index (χ0v) is 8.53. The first kappa shape index (κ1) is 8.78. The molecule has 0 spiro atoms. The molecule has 0 saturated heterocycles. The predicted octanol–water partition coefficient (Wildman–Crippen LogP) is 2.05. The Kier molecular flexibility index (Phi) is 6.48. The predicted molar refractivity (Wildman–Crippen MR) is 38.3 cm³/mol. The Labute approximate surface area is 59.9 Å². The van der Waals surface area contributed by atoms with Gasteiger partial charge in [-0.1, -0.05) is 0 Å². The van der Waals surface area contributed by atoms with Gasteiger partial charge in [-0.3, -0.25) is 0 Å². The van der Waals surface area contributed by atoms with Gasteiger partial charge in [-0.2, -0.15) is 0 Å². The van der Waals surface area contributed by atoms with Crippen LogP contribution in [0.4, 0.5) is 0 Å². The molecule has 0 saturated carbocycles. The molecule has 8 heavy (non-hydrogen) atoms. The maximum atomic E-state index is 5.52. The van der Waals surface area contributed by atoms with Crippen molar-refractivity contribution in [2.24, 2.45) is 0 Å². The van der Waals surface area contributed by atoms with Gasteiger partial charge in [0.05, 0.1) is 0 Å². The average molecular weight is 225 g/mol. The van der Waals surface area contributed by atoms with Gasteiger partial charge < -0.3 is 0 Å². The van der Waals surface area contributed by atoms with Crippen LogP contribution in [0.2, 0.25) is 8.73 Å². The third-order valence-electron chi connectivity index (χ3n) is 1.02. The van der Waals surface area contributed by atoms with Crippen molar-refractivity contribution in [3.05, 3.63) is 0 Å². The molecule has 0 atom stereocenters. The Morgan fingerprint density at radius 2 is 1.62 bits per heavy atom. The number of rotatable bonds is 4. The fraction of sp³-hybridized carbons (Fsp3) is 1.00. The molecule has 0 aliphatic heterocycles. The average Bonchev–Trinajstić information content (AvgIpc) is 1.83. The first-order valence-electron chi connectivity index (χ1n) is 3.23. The first-order valence-corrected chi connectivity index (χ1v) is 7.88. The summed E-state index contributed by atoms with van der Waals surface area (Å²) in [7, 11) is 0. The van der Waals surface area contributed by atoms with E-state index in [0.717, 1.165) is 6.61 Å². The fourth-order valence-corrected chi connectivity index (χ4v) is 3.95. The van der Waals surface area contributed by atoms with Crippen molar-refractivity contribution in [3.63, 3.8) is 0 Å². The van der Waals surface area contributed by atoms with Crippen molar-refractivity contribution < 1.29 is 3.02 Å². The molecule has 0 radical (unpaired) electrons. The molecule has 0 bridgehead atoms. The van der Waals surface area contributed by atoms with E-state index in [1.165, 1.54) is 8.73 Å². The molecule has 0 heterocycles. The Balaban J connectivity index is 3.07. The van der Waals surface area contributed by atoms with Crippen LogP contribution < -0.4 is 0 Å². The second-order valence-corrected chi connectivity index (χ2v) is 8.63. The summed E-state index contributed by atoms with van der Waals surface area (Å²) < 4.78 is 8.18. The summed E-state index contributed by atoms with van der Waals surface area (Å²) in [4.78, 5) is 0. The van der Waals surface area contributed by atoms with Gasteiger partial charge in [0.2, 0.25) is 0 Å². The number of hydrogen-bond acceptors (Lipinski definition) is 1. The topological polar surface area (TPSA) is 9.23 Å². The molecule has 1 nitrogen and oxygen atoms in total. The zero-order valence-electron chi connectivity index (χ0n) is 5.98. The van der Waals surface area contributed by atoms with Gasteiger partial charge in [-0.05, 0) is 0 Å². The van der Waals surface area contributed by atoms with Crippen molar-refractivity contribution in [1.29, 1.82) is 0 Å². The summed E-state index contributed by atoms with van der Waals surface area (Å²) in [5.74, 6) is 0. The molecule has 50 valence electrons. The van der Waals surface area contributed by atoms with Gasteiger partial charge in [0.25, 0.3) is 0 Å². The second kappa shape index (κ2) is 5.91. The van der Waals surface area contributed by atoms with Crippen LogP contribution in [0.25, 0.3) is 0 Å². The van der Waals surface area contributed by atoms with Crippen molar-refractivity contribution in [1.82, 2.24) is 0 Å². The summed E-state index contributed by atoms with van der Waals surface area (Å²) in [6.45, 7) is 7.50. The molecule has 0 fully saturated rings. The van der Waals surface area contributed by atoms with E-state index in [0.29, 0.717) is 0 Å². The SMILES string of the molecule is CC[O][Sb]([CH2]C)[CH2]C. The van der Waals surface area contributed by atoms with Gasteiger partial charge in [-0.15, -0.1) is 0 Å². The molecule has 0 aromatic heterocycles. The van der Waals surface area contributed by atoms with E-state index in [1.807, 2.05) is 0 Å². The van der Waals surface area contributed by atoms with Crippen molar-refractivity contribution in [2.75, 3.05) is 6.61 Å². The van der Waals surface area contributed by atoms with E-state index in [2.05, 4.69) is 20.8 Å². The van der Waals surface area contributed by atoms with E-state index < -0.39 is 20.6 Å². The molecule has 0 amide bonds. The van der Waals surface area contributed by atoms with Crippen molar-refractivity contribution >= 4 is 20.6 Å². The minimum absolute atomic E-state index is 0.935. The van der Waals surface area contributed by atoms with Crippen LogP contribution in [0.5, 0.6) is 0 Å². The fourth-order valence-electron chi connectivity index (χ4n) is 0.589. The van der Waals surface area contributed by atoms with Crippen LogP contribution >= 0.6 is 0 Å². The molecule has 0 aromatic carbocycles. The minimum atomic E-state index is -1.07. The van der Waals surface area contributed by atoms with Gasteiger partial charge in [0.15, 0.2) is 0 Å². The van der Waals surface area contributed by atoms with Crippen LogP contribution in [-0.4, -0.2) is 27.2 Å². The van der Waals surface area contributed by atoms with Crippen LogP contribution in [0.15, 0.2) is 0 Å². The summed E-state index contributed by atoms with van der Waals surface area (Å²) in [6, 6.07) is 0. The summed E-state index contributed by atoms with van der Waals surface area (Å²) in [6.07, 6.45) is 0. The standard InChI is InChI=1S/C2H5O.2C2H5.Sb/c1-2-3;2*1-2;/h2H2,1H3;2*1H2,2H3;/q-1;;;+1. The van der Waals surface area contributed by atoms with E-state index >= 15 is 0 Å².